The highest BCUT2D eigenvalue weighted by Gasteiger charge is 2.28. The van der Waals surface area contributed by atoms with Crippen molar-refractivity contribution in [3.05, 3.63) is 103 Å². The van der Waals surface area contributed by atoms with E-state index in [1.54, 1.807) is 52.0 Å². The summed E-state index contributed by atoms with van der Waals surface area (Å²) in [5, 5.41) is 7.11. The second kappa shape index (κ2) is 31.2. The molecule has 27 heteroatoms. The molecule has 0 aliphatic carbocycles. The van der Waals surface area contributed by atoms with Crippen LogP contribution in [0.5, 0.6) is 23.0 Å². The number of nitrogens with one attached hydrogen (secondary N) is 3. The van der Waals surface area contributed by atoms with Crippen molar-refractivity contribution in [2.75, 3.05) is 85.9 Å². The molecule has 2 aromatic heterocycles. The highest BCUT2D eigenvalue weighted by molar-refractivity contribution is 7.92. The van der Waals surface area contributed by atoms with E-state index in [9.17, 15) is 34.4 Å². The van der Waals surface area contributed by atoms with Gasteiger partial charge in [0.2, 0.25) is 11.2 Å². The van der Waals surface area contributed by atoms with E-state index in [2.05, 4.69) is 105 Å². The lowest BCUT2D eigenvalue weighted by Gasteiger charge is -2.36. The van der Waals surface area contributed by atoms with Gasteiger partial charge in [0.1, 0.15) is 11.5 Å². The van der Waals surface area contributed by atoms with Gasteiger partial charge in [-0.2, -0.15) is 27.5 Å². The second-order valence-electron chi connectivity index (χ2n) is 22.2. The first kappa shape index (κ1) is 69.0. The predicted molar refractivity (Wildman–Crippen MR) is 336 cm³/mol. The Kier molecular flexibility index (Phi) is 24.7. The van der Waals surface area contributed by atoms with Crippen LogP contribution in [0, 0.1) is 0 Å². The molecular formula is C60H81ClF4N12O8S2. The minimum atomic E-state index is -3.69. The van der Waals surface area contributed by atoms with Gasteiger partial charge in [0, 0.05) is 61.8 Å². The summed E-state index contributed by atoms with van der Waals surface area (Å²) in [6.45, 7) is 11.9. The first-order valence-corrected chi connectivity index (χ1v) is 32.0. The van der Waals surface area contributed by atoms with Crippen LogP contribution in [0.1, 0.15) is 81.1 Å². The fraction of sp³-hybridized carbons (Fsp3) is 0.467. The molecule has 2 saturated heterocycles. The van der Waals surface area contributed by atoms with Crippen molar-refractivity contribution in [2.24, 2.45) is 0 Å². The lowest BCUT2D eigenvalue weighted by atomic mass is 10.0. The molecule has 2 aliphatic rings. The maximum atomic E-state index is 13.2. The molecule has 6 aromatic rings. The molecule has 2 fully saturated rings. The quantitative estimate of drug-likeness (QED) is 0.0281. The number of halogens is 5. The van der Waals surface area contributed by atoms with Gasteiger partial charge in [0.05, 0.1) is 67.6 Å². The third kappa shape index (κ3) is 19.4. The van der Waals surface area contributed by atoms with Crippen molar-refractivity contribution in [3.63, 3.8) is 0 Å². The van der Waals surface area contributed by atoms with Crippen LogP contribution in [0.3, 0.4) is 0 Å². The summed E-state index contributed by atoms with van der Waals surface area (Å²) in [4.78, 5) is 25.3. The minimum Gasteiger partial charge on any atom is -0.489 e. The number of piperidine rings is 2. The van der Waals surface area contributed by atoms with Crippen molar-refractivity contribution in [1.82, 2.24) is 29.7 Å². The van der Waals surface area contributed by atoms with Crippen LogP contribution in [0.4, 0.5) is 69.3 Å². The first-order valence-electron chi connectivity index (χ1n) is 28.5. The number of benzene rings is 4. The number of sulfone groups is 2. The van der Waals surface area contributed by atoms with Crippen LogP contribution in [-0.2, 0) is 19.7 Å². The zero-order valence-electron chi connectivity index (χ0n) is 51.1. The Morgan fingerprint density at radius 3 is 1.39 bits per heavy atom. The monoisotopic (exact) mass is 1270 g/mol. The van der Waals surface area contributed by atoms with E-state index in [1.165, 1.54) is 42.8 Å². The van der Waals surface area contributed by atoms with Crippen molar-refractivity contribution >= 4 is 83.0 Å². The van der Waals surface area contributed by atoms with Gasteiger partial charge in [-0.05, 0) is 169 Å². The molecule has 5 N–H and O–H groups in total. The summed E-state index contributed by atoms with van der Waals surface area (Å²) in [7, 11) is 1.25. The van der Waals surface area contributed by atoms with Crippen molar-refractivity contribution in [3.8, 4) is 23.0 Å². The lowest BCUT2D eigenvalue weighted by Crippen LogP contribution is -2.42. The lowest BCUT2D eigenvalue weighted by molar-refractivity contribution is -0.0504. The molecule has 0 saturated carbocycles. The highest BCUT2D eigenvalue weighted by atomic mass is 35.5. The van der Waals surface area contributed by atoms with Gasteiger partial charge in [-0.1, -0.05) is 24.3 Å². The number of ether oxygens (including phenoxy) is 4. The summed E-state index contributed by atoms with van der Waals surface area (Å²) < 4.78 is 123. The summed E-state index contributed by atoms with van der Waals surface area (Å²) in [6.07, 6.45) is 6.65. The Morgan fingerprint density at radius 1 is 0.540 bits per heavy atom. The number of hydrogen-bond acceptors (Lipinski definition) is 20. The number of nitrogens with zero attached hydrogens (tertiary/aromatic N) is 8. The molecule has 476 valence electrons. The standard InChI is InChI=1S/C30H40F2N6O4S.C16H27N3O.C14H14ClF2N3O3S/c1-19(2)41-25-17-22(38-15-13-21(14-16-38)37(5)6)11-12-23(25)35-30-33-18-26(42-29(31)32)28(36-30)34-24-9-7-8-10-27(24)43(39,40)20(3)4;1-12(2)20-16-11-14(5-6-15(16)17)19-9-7-13(8-10-19)18(3)4;1-8(2)24(21,22)11-6-4-3-5-9(11)19-12-10(23-14(16)17)7-18-13(15)20-12/h7-12,17-21,29H,13-16H2,1-6H3,(H2,33,34,35,36);5-6,11-13H,7-10,17H2,1-4H3;3-8,14H,1-2H3,(H,18,19,20). The fourth-order valence-electron chi connectivity index (χ4n) is 9.36. The number of anilines is 9. The molecule has 87 heavy (non-hydrogen) atoms. The number of nitrogens with two attached hydrogens (primary N) is 1. The van der Waals surface area contributed by atoms with Gasteiger partial charge in [-0.15, -0.1) is 0 Å². The Labute approximate surface area is 514 Å². The van der Waals surface area contributed by atoms with Crippen LogP contribution in [0.15, 0.2) is 107 Å². The predicted octanol–water partition coefficient (Wildman–Crippen LogP) is 12.3. The number of hydrogen-bond donors (Lipinski definition) is 4. The van der Waals surface area contributed by atoms with E-state index in [1.807, 2.05) is 52.0 Å². The first-order chi connectivity index (χ1) is 41.0. The molecular weight excluding hydrogens is 1190 g/mol. The Morgan fingerprint density at radius 2 is 0.954 bits per heavy atom. The number of aromatic nitrogens is 4. The largest absolute Gasteiger partial charge is 0.489 e. The summed E-state index contributed by atoms with van der Waals surface area (Å²) in [6, 6.07) is 25.5. The maximum absolute atomic E-state index is 13.2. The third-order valence-corrected chi connectivity index (χ3v) is 18.7. The van der Waals surface area contributed by atoms with E-state index in [0.717, 1.165) is 62.9 Å². The van der Waals surface area contributed by atoms with Gasteiger partial charge in [0.25, 0.3) is 0 Å². The fourth-order valence-corrected chi connectivity index (χ4v) is 11.9. The van der Waals surface area contributed by atoms with Crippen molar-refractivity contribution in [1.29, 1.82) is 0 Å². The van der Waals surface area contributed by atoms with Gasteiger partial charge in [-0.25, -0.2) is 26.8 Å². The molecule has 4 aromatic carbocycles. The normalized spacial score (nSPS) is 14.4. The minimum absolute atomic E-state index is 0.0118. The van der Waals surface area contributed by atoms with Crippen LogP contribution in [0.25, 0.3) is 0 Å². The Hall–Kier alpha value is -7.13. The van der Waals surface area contributed by atoms with E-state index < -0.39 is 43.4 Å². The Bertz CT molecular complexity index is 3430. The SMILES string of the molecule is CC(C)Oc1cc(N2CCC(N(C)C)CC2)ccc1N.CC(C)Oc1cc(N2CCC(N(C)C)CC2)ccc1Nc1ncc(OC(F)F)c(Nc2ccccc2S(=O)(=O)C(C)C)n1.CC(C)S(=O)(=O)c1ccccc1Nc1nc(Cl)ncc1OC(F)F. The van der Waals surface area contributed by atoms with E-state index in [0.29, 0.717) is 29.2 Å². The van der Waals surface area contributed by atoms with Gasteiger partial charge >= 0.3 is 13.2 Å². The maximum Gasteiger partial charge on any atom is 0.387 e. The summed E-state index contributed by atoms with van der Waals surface area (Å²) in [5.74, 6) is 0.464. The smallest absolute Gasteiger partial charge is 0.387 e. The molecule has 4 heterocycles. The van der Waals surface area contributed by atoms with Crippen LogP contribution >= 0.6 is 11.6 Å². The molecule has 0 atom stereocenters. The third-order valence-electron chi connectivity index (χ3n) is 14.1. The van der Waals surface area contributed by atoms with Crippen LogP contribution in [-0.4, -0.2) is 149 Å². The highest BCUT2D eigenvalue weighted by Crippen LogP contribution is 2.38. The number of rotatable bonds is 22. The molecule has 0 bridgehead atoms. The topological polar surface area (TPSA) is 232 Å². The summed E-state index contributed by atoms with van der Waals surface area (Å²) >= 11 is 5.68. The van der Waals surface area contributed by atoms with Gasteiger partial charge in [-0.3, -0.25) is 0 Å². The van der Waals surface area contributed by atoms with Gasteiger partial charge < -0.3 is 60.2 Å². The Balaban J connectivity index is 0.000000231. The molecule has 0 amide bonds. The van der Waals surface area contributed by atoms with Crippen LogP contribution < -0.4 is 50.4 Å². The molecule has 0 unspecified atom stereocenters. The molecule has 0 radical (unpaired) electrons. The van der Waals surface area contributed by atoms with Crippen molar-refractivity contribution in [2.45, 2.75) is 139 Å². The molecule has 8 rings (SSSR count). The van der Waals surface area contributed by atoms with E-state index >= 15 is 0 Å². The van der Waals surface area contributed by atoms with E-state index in [-0.39, 0.29) is 67.7 Å². The molecule has 20 nitrogen and oxygen atoms in total. The molecule has 2 aliphatic heterocycles. The van der Waals surface area contributed by atoms with E-state index in [4.69, 9.17) is 26.8 Å². The van der Waals surface area contributed by atoms with Crippen molar-refractivity contribution < 1.29 is 53.3 Å². The van der Waals surface area contributed by atoms with Crippen LogP contribution in [0.2, 0.25) is 5.28 Å². The number of nitrogen functional groups attached to an aromatic ring is 1. The molecule has 0 spiro atoms. The zero-order chi connectivity index (χ0) is 63.9. The number of alkyl halides is 4. The number of para-hydroxylation sites is 2. The zero-order valence-corrected chi connectivity index (χ0v) is 53.5. The second-order valence-corrected chi connectivity index (χ2v) is 27.5. The average molecular weight is 1270 g/mol. The van der Waals surface area contributed by atoms with Gasteiger partial charge in [0.15, 0.2) is 42.8 Å². The summed E-state index contributed by atoms with van der Waals surface area (Å²) in [5.41, 5.74) is 9.86. The average Bonchev–Trinajstić information content (AvgIpc) is 1.69.